The third-order valence-corrected chi connectivity index (χ3v) is 5.59. The molecule has 20 heavy (non-hydrogen) atoms. The van der Waals surface area contributed by atoms with Crippen LogP contribution in [0.15, 0.2) is 42.5 Å². The first kappa shape index (κ1) is 13.9. The van der Waals surface area contributed by atoms with Crippen LogP contribution in [0.1, 0.15) is 45.0 Å². The summed E-state index contributed by atoms with van der Waals surface area (Å²) in [7, 11) is 0. The zero-order valence-electron chi connectivity index (χ0n) is 12.4. The average Bonchev–Trinajstić information content (AvgIpc) is 3.18. The average molecular weight is 329 g/mol. The van der Waals surface area contributed by atoms with Crippen LogP contribution in [0.25, 0.3) is 0 Å². The number of benzene rings is 2. The van der Waals surface area contributed by atoms with Crippen LogP contribution in [0.2, 0.25) is 0 Å². The van der Waals surface area contributed by atoms with Gasteiger partial charge in [-0.1, -0.05) is 64.0 Å². The zero-order valence-corrected chi connectivity index (χ0v) is 13.9. The van der Waals surface area contributed by atoms with Crippen LogP contribution in [0.5, 0.6) is 0 Å². The van der Waals surface area contributed by atoms with Crippen LogP contribution in [0.3, 0.4) is 0 Å². The fraction of sp³-hybridized carbons (Fsp3) is 0.368. The maximum atomic E-state index is 3.98. The van der Waals surface area contributed by atoms with Crippen molar-refractivity contribution in [1.82, 2.24) is 0 Å². The van der Waals surface area contributed by atoms with Gasteiger partial charge in [-0.05, 0) is 61.3 Å². The molecule has 1 aliphatic carbocycles. The molecule has 0 nitrogen and oxygen atoms in total. The number of hydrogen-bond donors (Lipinski definition) is 0. The first-order valence-electron chi connectivity index (χ1n) is 7.34. The van der Waals surface area contributed by atoms with Gasteiger partial charge < -0.3 is 0 Å². The van der Waals surface area contributed by atoms with Crippen molar-refractivity contribution in [2.45, 2.75) is 37.9 Å². The van der Waals surface area contributed by atoms with E-state index in [0.29, 0.717) is 4.83 Å². The van der Waals surface area contributed by atoms with E-state index in [9.17, 15) is 0 Å². The number of halogens is 1. The molecule has 0 spiro atoms. The molecule has 2 aromatic carbocycles. The summed E-state index contributed by atoms with van der Waals surface area (Å²) in [5.74, 6) is 1.46. The molecule has 2 aromatic rings. The molecule has 3 rings (SSSR count). The first-order chi connectivity index (χ1) is 9.58. The topological polar surface area (TPSA) is 0 Å². The van der Waals surface area contributed by atoms with Gasteiger partial charge in [0.25, 0.3) is 0 Å². The largest absolute Gasteiger partial charge is 0.0835 e. The van der Waals surface area contributed by atoms with Gasteiger partial charge >= 0.3 is 0 Å². The third kappa shape index (κ3) is 2.56. The quantitative estimate of drug-likeness (QED) is 0.620. The minimum Gasteiger partial charge on any atom is -0.0835 e. The van der Waals surface area contributed by atoms with Crippen molar-refractivity contribution in [3.63, 3.8) is 0 Å². The molecular weight excluding hydrogens is 308 g/mol. The van der Waals surface area contributed by atoms with Crippen molar-refractivity contribution < 1.29 is 0 Å². The highest BCUT2D eigenvalue weighted by Crippen LogP contribution is 2.57. The van der Waals surface area contributed by atoms with E-state index in [1.54, 1.807) is 0 Å². The summed E-state index contributed by atoms with van der Waals surface area (Å²) < 4.78 is 0. The molecule has 1 heteroatoms. The van der Waals surface area contributed by atoms with Crippen LogP contribution < -0.4 is 0 Å². The minimum atomic E-state index is 0.480. The van der Waals surface area contributed by atoms with E-state index in [0.717, 1.165) is 11.8 Å². The Kier molecular flexibility index (Phi) is 3.72. The number of rotatable bonds is 3. The highest BCUT2D eigenvalue weighted by Gasteiger charge is 2.43. The Hall–Kier alpha value is -1.08. The van der Waals surface area contributed by atoms with E-state index in [4.69, 9.17) is 0 Å². The molecule has 0 bridgehead atoms. The Morgan fingerprint density at radius 2 is 1.60 bits per heavy atom. The maximum Gasteiger partial charge on any atom is 0.0434 e. The predicted octanol–water partition coefficient (Wildman–Crippen LogP) is 5.85. The summed E-state index contributed by atoms with van der Waals surface area (Å²) >= 11 is 3.98. The predicted molar refractivity (Wildman–Crippen MR) is 89.6 cm³/mol. The lowest BCUT2D eigenvalue weighted by Gasteiger charge is -2.17. The maximum absolute atomic E-state index is 3.98. The Morgan fingerprint density at radius 3 is 2.20 bits per heavy atom. The molecule has 3 atom stereocenters. The standard InChI is InChI=1S/C19H21Br/c1-12-9-13(2)18(14(3)10-12)19(20)17-11-16(17)15-7-5-4-6-8-15/h4-10,16-17,19H,11H2,1-3H3. The van der Waals surface area contributed by atoms with Gasteiger partial charge in [0.15, 0.2) is 0 Å². The molecule has 0 heterocycles. The fourth-order valence-electron chi connectivity index (χ4n) is 3.46. The second kappa shape index (κ2) is 5.37. The molecule has 0 amide bonds. The van der Waals surface area contributed by atoms with E-state index >= 15 is 0 Å². The monoisotopic (exact) mass is 328 g/mol. The zero-order chi connectivity index (χ0) is 14.3. The smallest absolute Gasteiger partial charge is 0.0434 e. The highest BCUT2D eigenvalue weighted by molar-refractivity contribution is 9.09. The van der Waals surface area contributed by atoms with Crippen molar-refractivity contribution >= 4 is 15.9 Å². The molecule has 1 saturated carbocycles. The third-order valence-electron chi connectivity index (χ3n) is 4.46. The minimum absolute atomic E-state index is 0.480. The van der Waals surface area contributed by atoms with Crippen LogP contribution in [-0.2, 0) is 0 Å². The van der Waals surface area contributed by atoms with Crippen molar-refractivity contribution in [3.8, 4) is 0 Å². The number of alkyl halides is 1. The lowest BCUT2D eigenvalue weighted by atomic mass is 9.94. The SMILES string of the molecule is Cc1cc(C)c(C(Br)C2CC2c2ccccc2)c(C)c1. The molecule has 1 aliphatic rings. The molecule has 0 radical (unpaired) electrons. The molecule has 0 aliphatic heterocycles. The van der Waals surface area contributed by atoms with Gasteiger partial charge in [0.1, 0.15) is 0 Å². The van der Waals surface area contributed by atoms with Crippen molar-refractivity contribution in [1.29, 1.82) is 0 Å². The Morgan fingerprint density at radius 1 is 1.00 bits per heavy atom. The van der Waals surface area contributed by atoms with E-state index in [-0.39, 0.29) is 0 Å². The summed E-state index contributed by atoms with van der Waals surface area (Å²) in [5, 5.41) is 0. The molecule has 0 saturated heterocycles. The summed E-state index contributed by atoms with van der Waals surface area (Å²) in [6.45, 7) is 6.66. The molecule has 0 N–H and O–H groups in total. The molecule has 104 valence electrons. The van der Waals surface area contributed by atoms with Gasteiger partial charge in [-0.25, -0.2) is 0 Å². The van der Waals surface area contributed by atoms with E-state index in [1.165, 1.54) is 34.2 Å². The van der Waals surface area contributed by atoms with Crippen LogP contribution >= 0.6 is 15.9 Å². The van der Waals surface area contributed by atoms with Crippen molar-refractivity contribution in [3.05, 3.63) is 70.3 Å². The lowest BCUT2D eigenvalue weighted by molar-refractivity contribution is 0.776. The van der Waals surface area contributed by atoms with Gasteiger partial charge in [-0.2, -0.15) is 0 Å². The highest BCUT2D eigenvalue weighted by atomic mass is 79.9. The summed E-state index contributed by atoms with van der Waals surface area (Å²) in [4.78, 5) is 0.480. The number of aryl methyl sites for hydroxylation is 3. The summed E-state index contributed by atoms with van der Waals surface area (Å²) in [6.07, 6.45) is 1.30. The summed E-state index contributed by atoms with van der Waals surface area (Å²) in [5.41, 5.74) is 7.19. The Labute approximate surface area is 130 Å². The van der Waals surface area contributed by atoms with Crippen LogP contribution in [0, 0.1) is 26.7 Å². The van der Waals surface area contributed by atoms with Gasteiger partial charge in [-0.3, -0.25) is 0 Å². The van der Waals surface area contributed by atoms with Gasteiger partial charge in [0.05, 0.1) is 0 Å². The van der Waals surface area contributed by atoms with Gasteiger partial charge in [-0.15, -0.1) is 0 Å². The molecule has 0 aromatic heterocycles. The first-order valence-corrected chi connectivity index (χ1v) is 8.26. The molecule has 1 fully saturated rings. The van der Waals surface area contributed by atoms with Crippen molar-refractivity contribution in [2.75, 3.05) is 0 Å². The summed E-state index contributed by atoms with van der Waals surface area (Å²) in [6, 6.07) is 15.5. The Balaban J connectivity index is 1.84. The molecule has 3 unspecified atom stereocenters. The van der Waals surface area contributed by atoms with E-state index in [2.05, 4.69) is 79.2 Å². The fourth-order valence-corrected chi connectivity index (χ4v) is 4.77. The van der Waals surface area contributed by atoms with E-state index in [1.807, 2.05) is 0 Å². The number of hydrogen-bond acceptors (Lipinski definition) is 0. The second-order valence-electron chi connectivity index (χ2n) is 6.13. The van der Waals surface area contributed by atoms with Gasteiger partial charge in [0.2, 0.25) is 0 Å². The van der Waals surface area contributed by atoms with Gasteiger partial charge in [0, 0.05) is 4.83 Å². The normalized spacial score (nSPS) is 22.6. The van der Waals surface area contributed by atoms with Crippen molar-refractivity contribution in [2.24, 2.45) is 5.92 Å². The lowest BCUT2D eigenvalue weighted by Crippen LogP contribution is -2.01. The Bertz CT molecular complexity index is 592. The van der Waals surface area contributed by atoms with Crippen LogP contribution in [-0.4, -0.2) is 0 Å². The second-order valence-corrected chi connectivity index (χ2v) is 7.12. The molecular formula is C19H21Br. The van der Waals surface area contributed by atoms with Crippen LogP contribution in [0.4, 0.5) is 0 Å². The van der Waals surface area contributed by atoms with E-state index < -0.39 is 0 Å².